The third-order valence-corrected chi connectivity index (χ3v) is 9.84. The lowest BCUT2D eigenvalue weighted by Gasteiger charge is -2.12. The van der Waals surface area contributed by atoms with Gasteiger partial charge in [-0.25, -0.2) is 25.3 Å². The zero-order chi connectivity index (χ0) is 25.3. The molecule has 0 fully saturated rings. The fraction of sp³-hybridized carbons (Fsp3) is 0.118. The molecule has 1 N–H and O–H groups in total. The molecule has 0 saturated heterocycles. The number of hydrazone groups is 1. The summed E-state index contributed by atoms with van der Waals surface area (Å²) in [5.74, 6) is 0. The molecule has 1 heterocycles. The van der Waals surface area contributed by atoms with Gasteiger partial charge in [0.15, 0.2) is 14.9 Å². The van der Waals surface area contributed by atoms with E-state index in [0.29, 0.717) is 5.41 Å². The van der Waals surface area contributed by atoms with Crippen LogP contribution < -0.4 is 5.43 Å². The molecule has 180 valence electrons. The molecule has 0 spiro atoms. The Bertz CT molecular complexity index is 1530. The van der Waals surface area contributed by atoms with Crippen molar-refractivity contribution in [2.24, 2.45) is 5.10 Å². The highest BCUT2D eigenvalue weighted by molar-refractivity contribution is 8.11. The van der Waals surface area contributed by atoms with Crippen molar-refractivity contribution in [1.82, 2.24) is 5.43 Å². The smallest absolute Gasteiger partial charge is 0.269 e. The van der Waals surface area contributed by atoms with E-state index in [1.165, 1.54) is 0 Å². The summed E-state index contributed by atoms with van der Waals surface area (Å²) < 4.78 is 76.1. The number of nitro groups is 2. The first kappa shape index (κ1) is 24.9. The second-order valence-electron chi connectivity index (χ2n) is 6.71. The number of hydrogen-bond acceptors (Lipinski definition) is 12. The molecule has 2 aromatic carbocycles. The molecule has 0 aromatic heterocycles. The number of nitrogens with one attached hydrogen (secondary N) is 1. The summed E-state index contributed by atoms with van der Waals surface area (Å²) in [6.45, 7) is -0.434. The standard InChI is InChI=1S/C17H14N4O10S3/c22-20(23)12-1-5-14(6-2-12)32(26,27)9-10-33(28,29)17-16(11-18-19-17)34(30,31)15-7-3-13(4-8-15)21(24)25/h1-10,16,18H,11H2/b10-9+. The Morgan fingerprint density at radius 1 is 0.765 bits per heavy atom. The van der Waals surface area contributed by atoms with Crippen LogP contribution in [-0.2, 0) is 29.5 Å². The normalized spacial score (nSPS) is 16.7. The zero-order valence-corrected chi connectivity index (χ0v) is 19.2. The van der Waals surface area contributed by atoms with Crippen LogP contribution in [0, 0.1) is 20.2 Å². The molecule has 0 aliphatic carbocycles. The van der Waals surface area contributed by atoms with Crippen LogP contribution in [-0.4, -0.2) is 51.9 Å². The van der Waals surface area contributed by atoms with E-state index in [0.717, 1.165) is 48.5 Å². The van der Waals surface area contributed by atoms with E-state index >= 15 is 0 Å². The SMILES string of the molecule is O=[N+]([O-])c1ccc(S(=O)(=O)/C=C/S(=O)(=O)C2=NNCC2S(=O)(=O)c2ccc([N+](=O)[O-])cc2)cc1. The second kappa shape index (κ2) is 8.92. The van der Waals surface area contributed by atoms with E-state index in [4.69, 9.17) is 0 Å². The Labute approximate surface area is 192 Å². The molecule has 1 aliphatic rings. The van der Waals surface area contributed by atoms with Gasteiger partial charge in [-0.2, -0.15) is 5.10 Å². The summed E-state index contributed by atoms with van der Waals surface area (Å²) in [5, 5.41) is 23.0. The van der Waals surface area contributed by atoms with Gasteiger partial charge < -0.3 is 5.43 Å². The van der Waals surface area contributed by atoms with Crippen molar-refractivity contribution < 1.29 is 35.1 Å². The van der Waals surface area contributed by atoms with E-state index in [2.05, 4.69) is 10.5 Å². The van der Waals surface area contributed by atoms with Gasteiger partial charge >= 0.3 is 0 Å². The van der Waals surface area contributed by atoms with Crippen LogP contribution >= 0.6 is 0 Å². The molecule has 0 amide bonds. The Hall–Kier alpha value is -3.70. The van der Waals surface area contributed by atoms with Gasteiger partial charge in [0, 0.05) is 35.1 Å². The van der Waals surface area contributed by atoms with E-state index < -0.39 is 66.0 Å². The van der Waals surface area contributed by atoms with Gasteiger partial charge in [0.1, 0.15) is 5.25 Å². The van der Waals surface area contributed by atoms with Crippen LogP contribution in [0.2, 0.25) is 0 Å². The third-order valence-electron chi connectivity index (χ3n) is 4.57. The molecule has 14 nitrogen and oxygen atoms in total. The summed E-state index contributed by atoms with van der Waals surface area (Å²) in [5.41, 5.74) is 1.51. The molecule has 0 bridgehead atoms. The van der Waals surface area contributed by atoms with Crippen LogP contribution in [0.4, 0.5) is 11.4 Å². The predicted molar refractivity (Wildman–Crippen MR) is 118 cm³/mol. The Morgan fingerprint density at radius 2 is 1.21 bits per heavy atom. The largest absolute Gasteiger partial charge is 0.307 e. The lowest BCUT2D eigenvalue weighted by atomic mass is 10.3. The lowest BCUT2D eigenvalue weighted by molar-refractivity contribution is -0.385. The van der Waals surface area contributed by atoms with Gasteiger partial charge in [-0.05, 0) is 24.3 Å². The molecule has 2 aromatic rings. The number of nitrogens with zero attached hydrogens (tertiary/aromatic N) is 3. The molecule has 34 heavy (non-hydrogen) atoms. The quantitative estimate of drug-likeness (QED) is 0.392. The van der Waals surface area contributed by atoms with Crippen LogP contribution in [0.15, 0.2) is 74.2 Å². The highest BCUT2D eigenvalue weighted by Gasteiger charge is 2.41. The highest BCUT2D eigenvalue weighted by Crippen LogP contribution is 2.25. The fourth-order valence-electron chi connectivity index (χ4n) is 2.83. The minimum absolute atomic E-state index is 0.272. The molecule has 1 atom stereocenters. The van der Waals surface area contributed by atoms with Crippen molar-refractivity contribution in [3.63, 3.8) is 0 Å². The lowest BCUT2D eigenvalue weighted by Crippen LogP contribution is -2.35. The first-order chi connectivity index (χ1) is 15.8. The first-order valence-electron chi connectivity index (χ1n) is 8.97. The first-order valence-corrected chi connectivity index (χ1v) is 13.6. The number of sulfone groups is 3. The van der Waals surface area contributed by atoms with E-state index in [-0.39, 0.29) is 16.8 Å². The van der Waals surface area contributed by atoms with E-state index in [1.54, 1.807) is 0 Å². The predicted octanol–water partition coefficient (Wildman–Crippen LogP) is 0.922. The van der Waals surface area contributed by atoms with Gasteiger partial charge in [-0.1, -0.05) is 0 Å². The summed E-state index contributed by atoms with van der Waals surface area (Å²) in [6, 6.07) is 7.46. The maximum Gasteiger partial charge on any atom is 0.269 e. The molecule has 0 radical (unpaired) electrons. The molecular weight excluding hydrogens is 516 g/mol. The molecule has 3 rings (SSSR count). The van der Waals surface area contributed by atoms with Crippen molar-refractivity contribution in [2.45, 2.75) is 15.0 Å². The van der Waals surface area contributed by atoms with E-state index in [1.807, 2.05) is 0 Å². The maximum absolute atomic E-state index is 12.9. The molecule has 0 saturated carbocycles. The molecule has 17 heteroatoms. The average molecular weight is 531 g/mol. The number of hydrogen-bond donors (Lipinski definition) is 1. The molecule has 1 aliphatic heterocycles. The van der Waals surface area contributed by atoms with E-state index in [9.17, 15) is 45.5 Å². The summed E-state index contributed by atoms with van der Waals surface area (Å²) >= 11 is 0. The van der Waals surface area contributed by atoms with Crippen LogP contribution in [0.5, 0.6) is 0 Å². The minimum Gasteiger partial charge on any atom is -0.307 e. The van der Waals surface area contributed by atoms with Crippen LogP contribution in [0.1, 0.15) is 0 Å². The van der Waals surface area contributed by atoms with Crippen LogP contribution in [0.25, 0.3) is 0 Å². The topological polar surface area (TPSA) is 213 Å². The fourth-order valence-corrected chi connectivity index (χ4v) is 7.69. The molecular formula is C17H14N4O10S3. The average Bonchev–Trinajstić information content (AvgIpc) is 3.30. The monoisotopic (exact) mass is 530 g/mol. The maximum atomic E-state index is 12.9. The van der Waals surface area contributed by atoms with Gasteiger partial charge in [0.25, 0.3) is 11.4 Å². The summed E-state index contributed by atoms with van der Waals surface area (Å²) in [7, 11) is -13.4. The van der Waals surface area contributed by atoms with Gasteiger partial charge in [-0.15, -0.1) is 0 Å². The van der Waals surface area contributed by atoms with Crippen molar-refractivity contribution in [1.29, 1.82) is 0 Å². The highest BCUT2D eigenvalue weighted by atomic mass is 32.2. The number of nitro benzene ring substituents is 2. The minimum atomic E-state index is -4.65. The number of non-ortho nitro benzene ring substituents is 2. The zero-order valence-electron chi connectivity index (χ0n) is 16.7. The van der Waals surface area contributed by atoms with Crippen molar-refractivity contribution in [2.75, 3.05) is 6.54 Å². The molecule has 1 unspecified atom stereocenters. The van der Waals surface area contributed by atoms with Gasteiger partial charge in [0.2, 0.25) is 19.7 Å². The Kier molecular flexibility index (Phi) is 6.54. The third kappa shape index (κ3) is 4.95. The van der Waals surface area contributed by atoms with Crippen molar-refractivity contribution in [3.8, 4) is 0 Å². The Balaban J connectivity index is 1.89. The number of rotatable bonds is 7. The van der Waals surface area contributed by atoms with Crippen molar-refractivity contribution >= 4 is 45.9 Å². The van der Waals surface area contributed by atoms with Gasteiger partial charge in [-0.3, -0.25) is 20.2 Å². The summed E-state index contributed by atoms with van der Waals surface area (Å²) in [6.07, 6.45) is 0. The summed E-state index contributed by atoms with van der Waals surface area (Å²) in [4.78, 5) is 19.2. The van der Waals surface area contributed by atoms with Crippen LogP contribution in [0.3, 0.4) is 0 Å². The van der Waals surface area contributed by atoms with Crippen molar-refractivity contribution in [3.05, 3.63) is 79.6 Å². The Morgan fingerprint density at radius 3 is 1.68 bits per heavy atom. The second-order valence-corrected chi connectivity index (χ2v) is 12.5. The number of benzene rings is 2. The van der Waals surface area contributed by atoms with Gasteiger partial charge in [0.05, 0.1) is 26.2 Å².